The van der Waals surface area contributed by atoms with Crippen molar-refractivity contribution in [3.8, 4) is 0 Å². The summed E-state index contributed by atoms with van der Waals surface area (Å²) in [7, 11) is 1.89. The Bertz CT molecular complexity index is 500. The van der Waals surface area contributed by atoms with Crippen LogP contribution < -0.4 is 16.0 Å². The molecule has 0 heterocycles. The Morgan fingerprint density at radius 1 is 1.13 bits per heavy atom. The van der Waals surface area contributed by atoms with Gasteiger partial charge in [0, 0.05) is 18.2 Å². The van der Waals surface area contributed by atoms with Gasteiger partial charge in [-0.1, -0.05) is 26.0 Å². The van der Waals surface area contributed by atoms with Gasteiger partial charge in [0.25, 0.3) is 0 Å². The third-order valence-electron chi connectivity index (χ3n) is 3.72. The molecule has 4 N–H and O–H groups in total. The van der Waals surface area contributed by atoms with Crippen LogP contribution in [0.4, 0.5) is 5.69 Å². The molecule has 0 aliphatic carbocycles. The molecule has 2 amide bonds. The zero-order valence-electron chi connectivity index (χ0n) is 14.1. The minimum atomic E-state index is -0.274. The van der Waals surface area contributed by atoms with E-state index in [1.807, 2.05) is 7.05 Å². The molecule has 0 bridgehead atoms. The lowest BCUT2D eigenvalue weighted by molar-refractivity contribution is -0.124. The molecule has 23 heavy (non-hydrogen) atoms. The fourth-order valence-electron chi connectivity index (χ4n) is 2.26. The highest BCUT2D eigenvalue weighted by Gasteiger charge is 2.13. The molecule has 0 aromatic heterocycles. The molecule has 6 nitrogen and oxygen atoms in total. The number of hydrogen-bond acceptors (Lipinski definition) is 4. The van der Waals surface area contributed by atoms with E-state index in [1.165, 1.54) is 0 Å². The van der Waals surface area contributed by atoms with E-state index >= 15 is 0 Å². The summed E-state index contributed by atoms with van der Waals surface area (Å²) in [6.07, 6.45) is 1.13. The van der Waals surface area contributed by atoms with Crippen molar-refractivity contribution in [1.82, 2.24) is 10.6 Å². The van der Waals surface area contributed by atoms with Crippen LogP contribution in [-0.2, 0) is 16.2 Å². The molecule has 1 unspecified atom stereocenters. The van der Waals surface area contributed by atoms with E-state index in [0.29, 0.717) is 24.1 Å². The molecule has 0 saturated carbocycles. The van der Waals surface area contributed by atoms with E-state index < -0.39 is 0 Å². The van der Waals surface area contributed by atoms with Crippen LogP contribution in [0.3, 0.4) is 0 Å². The van der Waals surface area contributed by atoms with Crippen molar-refractivity contribution >= 4 is 17.5 Å². The smallest absolute Gasteiger partial charge is 0.243 e. The van der Waals surface area contributed by atoms with Crippen LogP contribution in [0.2, 0.25) is 0 Å². The van der Waals surface area contributed by atoms with Gasteiger partial charge in [-0.05, 0) is 37.1 Å². The van der Waals surface area contributed by atoms with Gasteiger partial charge in [-0.2, -0.15) is 0 Å². The molecule has 0 saturated heterocycles. The first kappa shape index (κ1) is 19.1. The topological polar surface area (TPSA) is 90.5 Å². The van der Waals surface area contributed by atoms with Crippen molar-refractivity contribution in [3.05, 3.63) is 29.8 Å². The van der Waals surface area contributed by atoms with Gasteiger partial charge in [-0.3, -0.25) is 9.59 Å². The average Bonchev–Trinajstić information content (AvgIpc) is 2.54. The molecule has 1 rings (SSSR count). The van der Waals surface area contributed by atoms with E-state index in [-0.39, 0.29) is 25.0 Å². The van der Waals surface area contributed by atoms with Crippen molar-refractivity contribution in [2.24, 2.45) is 5.92 Å². The van der Waals surface area contributed by atoms with Crippen LogP contribution in [0.25, 0.3) is 0 Å². The molecule has 6 heteroatoms. The van der Waals surface area contributed by atoms with Crippen LogP contribution >= 0.6 is 0 Å². The van der Waals surface area contributed by atoms with E-state index in [9.17, 15) is 9.59 Å². The number of anilines is 1. The van der Waals surface area contributed by atoms with Crippen LogP contribution in [0.15, 0.2) is 24.3 Å². The predicted octanol–water partition coefficient (Wildman–Crippen LogP) is 1.26. The lowest BCUT2D eigenvalue weighted by atomic mass is 9.99. The maximum absolute atomic E-state index is 11.8. The standard InChI is InChI=1S/C17H27N3O3/c1-12(2)15(18-3)8-9-16(22)19-10-17(23)20-14-6-4-13(11-21)5-7-14/h4-7,12,15,18,21H,8-11H2,1-3H3,(H,19,22)(H,20,23). The normalized spacial score (nSPS) is 12.0. The number of nitrogens with one attached hydrogen (secondary N) is 3. The summed E-state index contributed by atoms with van der Waals surface area (Å²) in [4.78, 5) is 23.6. The Kier molecular flexibility index (Phi) is 8.29. The molecule has 0 spiro atoms. The van der Waals surface area contributed by atoms with E-state index in [0.717, 1.165) is 12.0 Å². The molecular weight excluding hydrogens is 294 g/mol. The lowest BCUT2D eigenvalue weighted by Gasteiger charge is -2.19. The molecule has 1 atom stereocenters. The maximum Gasteiger partial charge on any atom is 0.243 e. The second kappa shape index (κ2) is 9.97. The summed E-state index contributed by atoms with van der Waals surface area (Å²) in [6, 6.07) is 7.19. The lowest BCUT2D eigenvalue weighted by Crippen LogP contribution is -2.35. The number of aliphatic hydroxyl groups excluding tert-OH is 1. The minimum Gasteiger partial charge on any atom is -0.392 e. The third kappa shape index (κ3) is 7.25. The Hall–Kier alpha value is -1.92. The zero-order valence-corrected chi connectivity index (χ0v) is 14.1. The number of benzene rings is 1. The molecule has 1 aromatic rings. The van der Waals surface area contributed by atoms with Gasteiger partial charge < -0.3 is 21.1 Å². The van der Waals surface area contributed by atoms with Crippen molar-refractivity contribution in [1.29, 1.82) is 0 Å². The second-order valence-electron chi connectivity index (χ2n) is 5.86. The van der Waals surface area contributed by atoms with Gasteiger partial charge in [-0.25, -0.2) is 0 Å². The number of carbonyl (C=O) groups excluding carboxylic acids is 2. The summed E-state index contributed by atoms with van der Waals surface area (Å²) >= 11 is 0. The van der Waals surface area contributed by atoms with E-state index in [2.05, 4.69) is 29.8 Å². The first-order valence-corrected chi connectivity index (χ1v) is 7.90. The predicted molar refractivity (Wildman–Crippen MR) is 90.9 cm³/mol. The molecule has 128 valence electrons. The van der Waals surface area contributed by atoms with Gasteiger partial charge in [0.2, 0.25) is 11.8 Å². The molecular formula is C17H27N3O3. The fourth-order valence-corrected chi connectivity index (χ4v) is 2.26. The highest BCUT2D eigenvalue weighted by atomic mass is 16.3. The highest BCUT2D eigenvalue weighted by molar-refractivity contribution is 5.94. The second-order valence-corrected chi connectivity index (χ2v) is 5.86. The Labute approximate surface area is 137 Å². The summed E-state index contributed by atoms with van der Waals surface area (Å²) < 4.78 is 0. The summed E-state index contributed by atoms with van der Waals surface area (Å²) in [5.74, 6) is 0.0544. The Balaban J connectivity index is 2.30. The molecule has 0 radical (unpaired) electrons. The number of amides is 2. The average molecular weight is 321 g/mol. The first-order valence-electron chi connectivity index (χ1n) is 7.90. The van der Waals surface area contributed by atoms with Crippen LogP contribution in [0.5, 0.6) is 0 Å². The largest absolute Gasteiger partial charge is 0.392 e. The molecule has 0 fully saturated rings. The van der Waals surface area contributed by atoms with Crippen molar-refractivity contribution in [2.45, 2.75) is 39.3 Å². The van der Waals surface area contributed by atoms with Crippen molar-refractivity contribution in [3.63, 3.8) is 0 Å². The summed E-state index contributed by atoms with van der Waals surface area (Å²) in [5.41, 5.74) is 1.41. The van der Waals surface area contributed by atoms with Crippen LogP contribution in [0.1, 0.15) is 32.3 Å². The minimum absolute atomic E-state index is 0.0335. The molecule has 0 aliphatic rings. The molecule has 0 aliphatic heterocycles. The van der Waals surface area contributed by atoms with Gasteiger partial charge in [0.15, 0.2) is 0 Å². The fraction of sp³-hybridized carbons (Fsp3) is 0.529. The quantitative estimate of drug-likeness (QED) is 0.551. The summed E-state index contributed by atoms with van der Waals surface area (Å²) in [6.45, 7) is 4.13. The van der Waals surface area contributed by atoms with E-state index in [1.54, 1.807) is 24.3 Å². The first-order chi connectivity index (χ1) is 11.0. The summed E-state index contributed by atoms with van der Waals surface area (Å²) in [5, 5.41) is 17.5. The third-order valence-corrected chi connectivity index (χ3v) is 3.72. The van der Waals surface area contributed by atoms with Gasteiger partial charge >= 0.3 is 0 Å². The molecule has 1 aromatic carbocycles. The van der Waals surface area contributed by atoms with E-state index in [4.69, 9.17) is 5.11 Å². The SMILES string of the molecule is CNC(CCC(=O)NCC(=O)Nc1ccc(CO)cc1)C(C)C. The van der Waals surface area contributed by atoms with Gasteiger partial charge in [0.05, 0.1) is 13.2 Å². The Morgan fingerprint density at radius 2 is 1.78 bits per heavy atom. The number of hydrogen-bond donors (Lipinski definition) is 4. The Morgan fingerprint density at radius 3 is 2.30 bits per heavy atom. The van der Waals surface area contributed by atoms with Crippen molar-refractivity contribution in [2.75, 3.05) is 18.9 Å². The zero-order chi connectivity index (χ0) is 17.2. The van der Waals surface area contributed by atoms with Gasteiger partial charge in [0.1, 0.15) is 0 Å². The number of carbonyl (C=O) groups is 2. The van der Waals surface area contributed by atoms with Gasteiger partial charge in [-0.15, -0.1) is 0 Å². The number of rotatable bonds is 9. The monoisotopic (exact) mass is 321 g/mol. The maximum atomic E-state index is 11.8. The van der Waals surface area contributed by atoms with Crippen LogP contribution in [0, 0.1) is 5.92 Å². The number of aliphatic hydroxyl groups is 1. The van der Waals surface area contributed by atoms with Crippen molar-refractivity contribution < 1.29 is 14.7 Å². The van der Waals surface area contributed by atoms with Crippen LogP contribution in [-0.4, -0.2) is 36.6 Å². The highest BCUT2D eigenvalue weighted by Crippen LogP contribution is 2.09.